The molecular formula is C18H26F3N3O2. The van der Waals surface area contributed by atoms with E-state index in [1.165, 1.54) is 50.1 Å². The molecule has 146 valence electrons. The smallest absolute Gasteiger partial charge is 0.475 e. The van der Waals surface area contributed by atoms with E-state index in [4.69, 9.17) is 15.6 Å². The zero-order chi connectivity index (χ0) is 19.5. The number of nitrogen functional groups attached to an aromatic ring is 1. The van der Waals surface area contributed by atoms with E-state index < -0.39 is 12.1 Å². The normalized spacial score (nSPS) is 23.7. The van der Waals surface area contributed by atoms with Crippen LogP contribution in [0.25, 0.3) is 0 Å². The summed E-state index contributed by atoms with van der Waals surface area (Å²) in [4.78, 5) is 14.1. The molecule has 0 aliphatic carbocycles. The van der Waals surface area contributed by atoms with Crippen molar-refractivity contribution in [2.75, 3.05) is 30.3 Å². The first kappa shape index (κ1) is 20.4. The van der Waals surface area contributed by atoms with Crippen LogP contribution in [-0.4, -0.2) is 53.9 Å². The van der Waals surface area contributed by atoms with Crippen LogP contribution in [0.15, 0.2) is 18.2 Å². The summed E-state index contributed by atoms with van der Waals surface area (Å²) in [5.74, 6) is -2.76. The molecule has 0 aromatic heterocycles. The van der Waals surface area contributed by atoms with Gasteiger partial charge in [-0.25, -0.2) is 4.79 Å². The van der Waals surface area contributed by atoms with Crippen LogP contribution >= 0.6 is 0 Å². The average molecular weight is 373 g/mol. The van der Waals surface area contributed by atoms with Gasteiger partial charge in [-0.1, -0.05) is 0 Å². The first-order valence-electron chi connectivity index (χ1n) is 8.76. The summed E-state index contributed by atoms with van der Waals surface area (Å²) in [5, 5.41) is 7.12. The van der Waals surface area contributed by atoms with Crippen molar-refractivity contribution >= 4 is 17.3 Å². The summed E-state index contributed by atoms with van der Waals surface area (Å²) in [6, 6.07) is 7.81. The quantitative estimate of drug-likeness (QED) is 0.779. The van der Waals surface area contributed by atoms with Gasteiger partial charge in [0, 0.05) is 36.5 Å². The largest absolute Gasteiger partial charge is 0.490 e. The Balaban J connectivity index is 0.000000298. The van der Waals surface area contributed by atoms with Crippen molar-refractivity contribution in [1.29, 1.82) is 0 Å². The maximum Gasteiger partial charge on any atom is 0.490 e. The number of alkyl halides is 3. The fourth-order valence-corrected chi connectivity index (χ4v) is 3.76. The topological polar surface area (TPSA) is 69.8 Å². The predicted molar refractivity (Wildman–Crippen MR) is 95.3 cm³/mol. The van der Waals surface area contributed by atoms with Gasteiger partial charge in [-0.3, -0.25) is 4.90 Å². The van der Waals surface area contributed by atoms with Crippen LogP contribution in [0.5, 0.6) is 0 Å². The van der Waals surface area contributed by atoms with Gasteiger partial charge in [0.25, 0.3) is 0 Å². The Morgan fingerprint density at radius 3 is 2.42 bits per heavy atom. The fourth-order valence-electron chi connectivity index (χ4n) is 3.76. The number of hydrogen-bond donors (Lipinski definition) is 2. The minimum atomic E-state index is -5.08. The number of halogens is 3. The number of carbonyl (C=O) groups is 1. The van der Waals surface area contributed by atoms with Crippen LogP contribution in [0.1, 0.15) is 31.7 Å². The molecule has 0 spiro atoms. The van der Waals surface area contributed by atoms with Gasteiger partial charge in [0.1, 0.15) is 0 Å². The van der Waals surface area contributed by atoms with Crippen molar-refractivity contribution in [3.05, 3.63) is 23.8 Å². The van der Waals surface area contributed by atoms with Crippen molar-refractivity contribution in [2.45, 2.75) is 51.4 Å². The number of hydrogen-bond acceptors (Lipinski definition) is 4. The monoisotopic (exact) mass is 373 g/mol. The van der Waals surface area contributed by atoms with E-state index in [9.17, 15) is 13.2 Å². The molecule has 2 atom stereocenters. The van der Waals surface area contributed by atoms with Gasteiger partial charge < -0.3 is 15.7 Å². The molecule has 8 heteroatoms. The molecule has 5 nitrogen and oxygen atoms in total. The second-order valence-electron chi connectivity index (χ2n) is 6.97. The van der Waals surface area contributed by atoms with Gasteiger partial charge >= 0.3 is 12.1 Å². The Labute approximate surface area is 151 Å². The molecule has 2 fully saturated rings. The van der Waals surface area contributed by atoms with Gasteiger partial charge in [0.15, 0.2) is 0 Å². The molecule has 1 aromatic carbocycles. The molecule has 2 aliphatic rings. The fraction of sp³-hybridized carbons (Fsp3) is 0.611. The van der Waals surface area contributed by atoms with E-state index in [1.54, 1.807) is 0 Å². The second kappa shape index (κ2) is 8.16. The van der Waals surface area contributed by atoms with E-state index in [2.05, 4.69) is 35.8 Å². The number of carboxylic acids is 1. The highest BCUT2D eigenvalue weighted by Gasteiger charge is 2.38. The lowest BCUT2D eigenvalue weighted by Gasteiger charge is -2.29. The highest BCUT2D eigenvalue weighted by atomic mass is 19.4. The molecule has 26 heavy (non-hydrogen) atoms. The number of benzene rings is 1. The lowest BCUT2D eigenvalue weighted by atomic mass is 10.1. The first-order valence-corrected chi connectivity index (χ1v) is 8.76. The Hall–Kier alpha value is -1.96. The molecule has 3 rings (SSSR count). The predicted octanol–water partition coefficient (Wildman–Crippen LogP) is 3.27. The number of rotatable bonds is 2. The van der Waals surface area contributed by atoms with E-state index in [-0.39, 0.29) is 0 Å². The van der Waals surface area contributed by atoms with E-state index in [1.807, 2.05) is 6.07 Å². The van der Waals surface area contributed by atoms with Crippen molar-refractivity contribution in [3.63, 3.8) is 0 Å². The van der Waals surface area contributed by atoms with E-state index >= 15 is 0 Å². The SMILES string of the molecule is Cc1cc(N)ccc1N1CCC(N2CCCC2C)C1.O=C(O)C(F)(F)F. The number of carboxylic acid groups (broad SMARTS) is 1. The van der Waals surface area contributed by atoms with Crippen molar-refractivity contribution in [1.82, 2.24) is 4.90 Å². The molecule has 0 saturated carbocycles. The van der Waals surface area contributed by atoms with E-state index in [0.29, 0.717) is 0 Å². The third-order valence-electron chi connectivity index (χ3n) is 5.04. The molecule has 1 aromatic rings. The lowest BCUT2D eigenvalue weighted by Crippen LogP contribution is -2.39. The van der Waals surface area contributed by atoms with Gasteiger partial charge in [-0.15, -0.1) is 0 Å². The minimum absolute atomic E-state index is 0.745. The third kappa shape index (κ3) is 5.03. The highest BCUT2D eigenvalue weighted by molar-refractivity contribution is 5.73. The van der Waals surface area contributed by atoms with Gasteiger partial charge in [-0.2, -0.15) is 13.2 Å². The summed E-state index contributed by atoms with van der Waals surface area (Å²) < 4.78 is 31.7. The van der Waals surface area contributed by atoms with Crippen LogP contribution in [0.4, 0.5) is 24.5 Å². The Morgan fingerprint density at radius 2 is 1.92 bits per heavy atom. The van der Waals surface area contributed by atoms with Crippen LogP contribution in [0, 0.1) is 6.92 Å². The summed E-state index contributed by atoms with van der Waals surface area (Å²) in [6.07, 6.45) is -1.04. The van der Waals surface area contributed by atoms with Crippen LogP contribution < -0.4 is 10.6 Å². The number of aliphatic carboxylic acids is 1. The number of likely N-dealkylation sites (tertiary alicyclic amines) is 1. The van der Waals surface area contributed by atoms with Gasteiger partial charge in [-0.05, 0) is 63.4 Å². The summed E-state index contributed by atoms with van der Waals surface area (Å²) in [5.41, 5.74) is 9.38. The van der Waals surface area contributed by atoms with Crippen molar-refractivity contribution < 1.29 is 23.1 Å². The summed E-state index contributed by atoms with van der Waals surface area (Å²) >= 11 is 0. The molecule has 0 bridgehead atoms. The number of nitrogens with zero attached hydrogens (tertiary/aromatic N) is 2. The summed E-state index contributed by atoms with van der Waals surface area (Å²) in [7, 11) is 0. The van der Waals surface area contributed by atoms with Crippen molar-refractivity contribution in [2.24, 2.45) is 0 Å². The molecule has 0 amide bonds. The molecule has 2 unspecified atom stereocenters. The van der Waals surface area contributed by atoms with Crippen LogP contribution in [-0.2, 0) is 4.79 Å². The Kier molecular flexibility index (Phi) is 6.39. The zero-order valence-electron chi connectivity index (χ0n) is 15.1. The molecule has 2 saturated heterocycles. The molecule has 0 radical (unpaired) electrons. The molecular weight excluding hydrogens is 347 g/mol. The molecule has 3 N–H and O–H groups in total. The standard InChI is InChI=1S/C16H25N3.C2HF3O2/c1-12-10-14(17)5-6-16(12)18-9-7-15(11-18)19-8-3-4-13(19)2;3-2(4,5)1(6)7/h5-6,10,13,15H,3-4,7-9,11,17H2,1-2H3;(H,6,7). The summed E-state index contributed by atoms with van der Waals surface area (Å²) in [6.45, 7) is 8.19. The maximum atomic E-state index is 10.6. The Morgan fingerprint density at radius 1 is 1.27 bits per heavy atom. The second-order valence-corrected chi connectivity index (χ2v) is 6.97. The molecule has 2 heterocycles. The van der Waals surface area contributed by atoms with Gasteiger partial charge in [0.2, 0.25) is 0 Å². The van der Waals surface area contributed by atoms with E-state index in [0.717, 1.165) is 17.8 Å². The Bertz CT molecular complexity index is 637. The van der Waals surface area contributed by atoms with Gasteiger partial charge in [0.05, 0.1) is 0 Å². The maximum absolute atomic E-state index is 10.6. The van der Waals surface area contributed by atoms with Crippen LogP contribution in [0.3, 0.4) is 0 Å². The average Bonchev–Trinajstić information content (AvgIpc) is 3.15. The first-order chi connectivity index (χ1) is 12.1. The number of anilines is 2. The zero-order valence-corrected chi connectivity index (χ0v) is 15.1. The van der Waals surface area contributed by atoms with Crippen molar-refractivity contribution in [3.8, 4) is 0 Å². The number of aryl methyl sites for hydroxylation is 1. The third-order valence-corrected chi connectivity index (χ3v) is 5.04. The minimum Gasteiger partial charge on any atom is -0.475 e. The number of nitrogens with two attached hydrogens (primary N) is 1. The lowest BCUT2D eigenvalue weighted by molar-refractivity contribution is -0.192. The van der Waals surface area contributed by atoms with Crippen LogP contribution in [0.2, 0.25) is 0 Å². The molecule has 2 aliphatic heterocycles. The highest BCUT2D eigenvalue weighted by Crippen LogP contribution is 2.30.